The van der Waals surface area contributed by atoms with Gasteiger partial charge >= 0.3 is 0 Å². The van der Waals surface area contributed by atoms with Crippen LogP contribution in [0.2, 0.25) is 0 Å². The van der Waals surface area contributed by atoms with Crippen LogP contribution in [0.1, 0.15) is 43.5 Å². The minimum absolute atomic E-state index is 0.149. The molecule has 22 heavy (non-hydrogen) atoms. The van der Waals surface area contributed by atoms with Crippen molar-refractivity contribution in [3.63, 3.8) is 0 Å². The fourth-order valence-electron chi connectivity index (χ4n) is 2.59. The molecule has 1 saturated carbocycles. The van der Waals surface area contributed by atoms with E-state index in [1.165, 1.54) is 31.0 Å². The second-order valence-corrected chi connectivity index (χ2v) is 6.38. The lowest BCUT2D eigenvalue weighted by Crippen LogP contribution is -2.22. The highest BCUT2D eigenvalue weighted by Gasteiger charge is 2.25. The van der Waals surface area contributed by atoms with Crippen molar-refractivity contribution in [3.8, 4) is 6.07 Å². The quantitative estimate of drug-likeness (QED) is 0.852. The Balaban J connectivity index is 1.75. The highest BCUT2D eigenvalue weighted by molar-refractivity contribution is 8.18. The molecule has 112 valence electrons. The molecule has 0 unspecified atom stereocenters. The number of hydrogen-bond acceptors (Lipinski definition) is 5. The van der Waals surface area contributed by atoms with E-state index in [1.807, 2.05) is 6.07 Å². The van der Waals surface area contributed by atoms with Crippen LogP contribution in [0.5, 0.6) is 0 Å². The second kappa shape index (κ2) is 6.75. The Morgan fingerprint density at radius 2 is 2.18 bits per heavy atom. The van der Waals surface area contributed by atoms with Gasteiger partial charge in [0, 0.05) is 0 Å². The van der Waals surface area contributed by atoms with Gasteiger partial charge in [0.2, 0.25) is 0 Å². The molecule has 6 heteroatoms. The lowest BCUT2D eigenvalue weighted by atomic mass is 9.96. The van der Waals surface area contributed by atoms with Gasteiger partial charge in [0.05, 0.1) is 16.6 Å². The highest BCUT2D eigenvalue weighted by atomic mass is 32.2. The molecule has 0 atom stereocenters. The molecule has 1 aliphatic heterocycles. The van der Waals surface area contributed by atoms with E-state index in [0.29, 0.717) is 27.5 Å². The van der Waals surface area contributed by atoms with Crippen molar-refractivity contribution in [1.82, 2.24) is 10.3 Å². The van der Waals surface area contributed by atoms with E-state index in [2.05, 4.69) is 15.3 Å². The number of thioether (sulfide) groups is 1. The number of nitrogens with one attached hydrogen (secondary N) is 1. The molecule has 5 nitrogen and oxygen atoms in total. The number of amidine groups is 1. The van der Waals surface area contributed by atoms with Gasteiger partial charge in [-0.15, -0.1) is 0 Å². The Labute approximate surface area is 133 Å². The van der Waals surface area contributed by atoms with Crippen molar-refractivity contribution in [2.24, 2.45) is 4.99 Å². The topological polar surface area (TPSA) is 78.1 Å². The lowest BCUT2D eigenvalue weighted by molar-refractivity contribution is -0.115. The minimum Gasteiger partial charge on any atom is -0.301 e. The molecular weight excluding hydrogens is 296 g/mol. The maximum absolute atomic E-state index is 12.0. The van der Waals surface area contributed by atoms with E-state index >= 15 is 0 Å². The smallest absolute Gasteiger partial charge is 0.264 e. The molecule has 1 aliphatic carbocycles. The van der Waals surface area contributed by atoms with Crippen LogP contribution in [0.15, 0.2) is 28.1 Å². The molecule has 1 N–H and O–H groups in total. The third-order valence-corrected chi connectivity index (χ3v) is 4.61. The average Bonchev–Trinajstić information content (AvgIpc) is 2.88. The normalized spacial score (nSPS) is 22.8. The predicted molar refractivity (Wildman–Crippen MR) is 87.0 cm³/mol. The Morgan fingerprint density at radius 1 is 1.36 bits per heavy atom. The zero-order valence-electron chi connectivity index (χ0n) is 12.1. The molecule has 0 aromatic carbocycles. The molecule has 2 aliphatic rings. The molecule has 1 amide bonds. The second-order valence-electron chi connectivity index (χ2n) is 5.35. The number of amides is 1. The van der Waals surface area contributed by atoms with Crippen LogP contribution in [0.3, 0.4) is 0 Å². The van der Waals surface area contributed by atoms with Crippen molar-refractivity contribution < 1.29 is 4.79 Å². The molecule has 2 fully saturated rings. The number of aromatic nitrogens is 1. The summed E-state index contributed by atoms with van der Waals surface area (Å²) in [5.74, 6) is -0.149. The van der Waals surface area contributed by atoms with Crippen molar-refractivity contribution in [2.45, 2.75) is 38.1 Å². The molecule has 0 radical (unpaired) electrons. The maximum Gasteiger partial charge on any atom is 0.264 e. The van der Waals surface area contributed by atoms with Gasteiger partial charge < -0.3 is 5.32 Å². The Kier molecular flexibility index (Phi) is 4.54. The van der Waals surface area contributed by atoms with Gasteiger partial charge in [0.1, 0.15) is 11.8 Å². The zero-order valence-corrected chi connectivity index (χ0v) is 12.9. The average molecular weight is 312 g/mol. The summed E-state index contributed by atoms with van der Waals surface area (Å²) >= 11 is 1.35. The van der Waals surface area contributed by atoms with Crippen molar-refractivity contribution in [3.05, 3.63) is 34.5 Å². The summed E-state index contributed by atoms with van der Waals surface area (Å²) in [6.07, 6.45) is 7.62. The first-order chi connectivity index (χ1) is 10.7. The summed E-state index contributed by atoms with van der Waals surface area (Å²) in [4.78, 5) is 21.4. The molecule has 0 spiro atoms. The van der Waals surface area contributed by atoms with Crippen LogP contribution in [-0.4, -0.2) is 22.1 Å². The van der Waals surface area contributed by atoms with Gasteiger partial charge in [0.15, 0.2) is 5.17 Å². The summed E-state index contributed by atoms with van der Waals surface area (Å²) in [6.45, 7) is 0. The van der Waals surface area contributed by atoms with E-state index in [-0.39, 0.29) is 5.91 Å². The number of hydrogen-bond donors (Lipinski definition) is 1. The van der Waals surface area contributed by atoms with E-state index in [4.69, 9.17) is 5.26 Å². The minimum atomic E-state index is -0.149. The monoisotopic (exact) mass is 312 g/mol. The summed E-state index contributed by atoms with van der Waals surface area (Å²) in [5.41, 5.74) is 0.949. The number of carbonyl (C=O) groups excluding carboxylic acids is 1. The molecule has 2 heterocycles. The molecule has 0 bridgehead atoms. The van der Waals surface area contributed by atoms with Crippen LogP contribution in [0, 0.1) is 11.3 Å². The lowest BCUT2D eigenvalue weighted by Gasteiger charge is -2.17. The van der Waals surface area contributed by atoms with E-state index in [0.717, 1.165) is 12.8 Å². The SMILES string of the molecule is N#Cc1cccc(C=C2SC(=NC3CCCCC3)NC2=O)n1. The number of carbonyl (C=O) groups is 1. The van der Waals surface area contributed by atoms with Crippen LogP contribution >= 0.6 is 11.8 Å². The van der Waals surface area contributed by atoms with Crippen LogP contribution in [-0.2, 0) is 4.79 Å². The zero-order chi connectivity index (χ0) is 15.4. The van der Waals surface area contributed by atoms with Gasteiger partial charge in [-0.25, -0.2) is 4.98 Å². The van der Waals surface area contributed by atoms with Gasteiger partial charge in [-0.3, -0.25) is 9.79 Å². The van der Waals surface area contributed by atoms with Crippen LogP contribution < -0.4 is 5.32 Å². The molecule has 1 saturated heterocycles. The Bertz CT molecular complexity index is 684. The summed E-state index contributed by atoms with van der Waals surface area (Å²) < 4.78 is 0. The largest absolute Gasteiger partial charge is 0.301 e. The van der Waals surface area contributed by atoms with Crippen LogP contribution in [0.25, 0.3) is 6.08 Å². The number of aliphatic imine (C=N–C) groups is 1. The summed E-state index contributed by atoms with van der Waals surface area (Å²) in [6, 6.07) is 7.50. The van der Waals surface area contributed by atoms with E-state index < -0.39 is 0 Å². The third-order valence-electron chi connectivity index (χ3n) is 3.69. The van der Waals surface area contributed by atoms with Gasteiger partial charge in [-0.1, -0.05) is 25.3 Å². The summed E-state index contributed by atoms with van der Waals surface area (Å²) in [5, 5.41) is 12.4. The molecule has 1 aromatic rings. The van der Waals surface area contributed by atoms with Crippen molar-refractivity contribution in [1.29, 1.82) is 5.26 Å². The maximum atomic E-state index is 12.0. The first kappa shape index (κ1) is 14.8. The third kappa shape index (κ3) is 3.55. The number of nitriles is 1. The van der Waals surface area contributed by atoms with E-state index in [9.17, 15) is 4.79 Å². The first-order valence-corrected chi connectivity index (χ1v) is 8.22. The summed E-state index contributed by atoms with van der Waals surface area (Å²) in [7, 11) is 0. The Morgan fingerprint density at radius 3 is 2.95 bits per heavy atom. The van der Waals surface area contributed by atoms with Gasteiger partial charge in [-0.2, -0.15) is 5.26 Å². The molecule has 3 rings (SSSR count). The van der Waals surface area contributed by atoms with Gasteiger partial charge in [0.25, 0.3) is 5.91 Å². The van der Waals surface area contributed by atoms with Crippen molar-refractivity contribution >= 4 is 28.9 Å². The highest BCUT2D eigenvalue weighted by Crippen LogP contribution is 2.28. The molecule has 1 aromatic heterocycles. The first-order valence-electron chi connectivity index (χ1n) is 7.40. The number of pyridine rings is 1. The fourth-order valence-corrected chi connectivity index (χ4v) is 3.47. The number of nitrogens with zero attached hydrogens (tertiary/aromatic N) is 3. The molecular formula is C16H16N4OS. The Hall–Kier alpha value is -2.13. The van der Waals surface area contributed by atoms with Crippen LogP contribution in [0.4, 0.5) is 0 Å². The van der Waals surface area contributed by atoms with E-state index in [1.54, 1.807) is 24.3 Å². The number of rotatable bonds is 2. The predicted octanol–water partition coefficient (Wildman–Crippen LogP) is 2.85. The van der Waals surface area contributed by atoms with Gasteiger partial charge in [-0.05, 0) is 42.8 Å². The van der Waals surface area contributed by atoms with Crippen molar-refractivity contribution in [2.75, 3.05) is 0 Å². The standard InChI is InChI=1S/C16H16N4OS/c17-10-13-8-4-7-12(18-13)9-14-15(21)20-16(22-14)19-11-5-2-1-3-6-11/h4,7-9,11H,1-3,5-6H2,(H,19,20,21). The fraction of sp³-hybridized carbons (Fsp3) is 0.375.